The third-order valence-electron chi connectivity index (χ3n) is 2.45. The van der Waals surface area contributed by atoms with E-state index >= 15 is 0 Å². The van der Waals surface area contributed by atoms with Crippen LogP contribution in [0.1, 0.15) is 26.5 Å². The molecule has 0 radical (unpaired) electrons. The van der Waals surface area contributed by atoms with Crippen molar-refractivity contribution in [2.75, 3.05) is 0 Å². The first-order chi connectivity index (χ1) is 6.93. The second-order valence-corrected chi connectivity index (χ2v) is 5.67. The summed E-state index contributed by atoms with van der Waals surface area (Å²) in [5.74, 6) is 5.55. The van der Waals surface area contributed by atoms with Crippen LogP contribution >= 0.6 is 15.9 Å². The van der Waals surface area contributed by atoms with Gasteiger partial charge in [-0.05, 0) is 33.5 Å². The van der Waals surface area contributed by atoms with E-state index in [2.05, 4.69) is 47.1 Å². The number of aromatic nitrogens is 1. The van der Waals surface area contributed by atoms with E-state index in [-0.39, 0.29) is 11.5 Å². The van der Waals surface area contributed by atoms with Gasteiger partial charge in [-0.15, -0.1) is 0 Å². The first-order valence-electron chi connectivity index (χ1n) is 5.00. The van der Waals surface area contributed by atoms with E-state index in [0.717, 1.165) is 16.6 Å². The maximum Gasteiger partial charge on any atom is 0.0420 e. The molecule has 1 aromatic rings. The lowest BCUT2D eigenvalue weighted by atomic mass is 9.84. The summed E-state index contributed by atoms with van der Waals surface area (Å²) in [6.45, 7) is 6.49. The zero-order chi connectivity index (χ0) is 11.5. The minimum absolute atomic E-state index is 0.128. The van der Waals surface area contributed by atoms with Gasteiger partial charge in [-0.25, -0.2) is 0 Å². The Hall–Kier alpha value is -0.450. The van der Waals surface area contributed by atoms with Crippen molar-refractivity contribution in [3.63, 3.8) is 0 Å². The monoisotopic (exact) mass is 271 g/mol. The number of hydrogen-bond donors (Lipinski definition) is 2. The Balaban J connectivity index is 2.71. The molecule has 1 heterocycles. The molecule has 1 aromatic heterocycles. The molecule has 15 heavy (non-hydrogen) atoms. The van der Waals surface area contributed by atoms with Crippen LogP contribution in [0, 0.1) is 5.41 Å². The summed E-state index contributed by atoms with van der Waals surface area (Å²) in [6, 6.07) is 4.24. The van der Waals surface area contributed by atoms with Crippen LogP contribution in [-0.2, 0) is 6.42 Å². The van der Waals surface area contributed by atoms with E-state index < -0.39 is 0 Å². The van der Waals surface area contributed by atoms with E-state index in [4.69, 9.17) is 5.84 Å². The molecular formula is C11H18BrN3. The third kappa shape index (κ3) is 3.89. The average molecular weight is 272 g/mol. The fourth-order valence-corrected chi connectivity index (χ4v) is 1.59. The molecule has 0 spiro atoms. The topological polar surface area (TPSA) is 50.9 Å². The number of nitrogens with zero attached hydrogens (tertiary/aromatic N) is 1. The van der Waals surface area contributed by atoms with E-state index in [1.165, 1.54) is 0 Å². The molecule has 3 nitrogen and oxygen atoms in total. The van der Waals surface area contributed by atoms with E-state index in [1.807, 2.05) is 18.3 Å². The van der Waals surface area contributed by atoms with Crippen LogP contribution in [0.15, 0.2) is 22.8 Å². The van der Waals surface area contributed by atoms with Gasteiger partial charge in [-0.1, -0.05) is 20.8 Å². The minimum Gasteiger partial charge on any atom is -0.271 e. The highest BCUT2D eigenvalue weighted by atomic mass is 79.9. The number of rotatable bonds is 3. The quantitative estimate of drug-likeness (QED) is 0.655. The number of nitrogens with two attached hydrogens (primary N) is 1. The Morgan fingerprint density at radius 2 is 2.13 bits per heavy atom. The average Bonchev–Trinajstić information content (AvgIpc) is 2.15. The first-order valence-corrected chi connectivity index (χ1v) is 5.79. The van der Waals surface area contributed by atoms with Crippen LogP contribution in [0.2, 0.25) is 0 Å². The summed E-state index contributed by atoms with van der Waals surface area (Å²) in [5, 5.41) is 0. The smallest absolute Gasteiger partial charge is 0.0420 e. The van der Waals surface area contributed by atoms with Gasteiger partial charge in [0.1, 0.15) is 0 Å². The summed E-state index contributed by atoms with van der Waals surface area (Å²) < 4.78 is 0.999. The van der Waals surface area contributed by atoms with E-state index in [0.29, 0.717) is 0 Å². The van der Waals surface area contributed by atoms with Crippen LogP contribution in [0.3, 0.4) is 0 Å². The molecule has 0 fully saturated rings. The van der Waals surface area contributed by atoms with Gasteiger partial charge >= 0.3 is 0 Å². The molecular weight excluding hydrogens is 254 g/mol. The first kappa shape index (κ1) is 12.6. The number of halogens is 1. The number of pyridine rings is 1. The number of hydrogen-bond acceptors (Lipinski definition) is 3. The number of hydrazine groups is 1. The molecule has 1 atom stereocenters. The number of nitrogens with one attached hydrogen (secondary N) is 1. The van der Waals surface area contributed by atoms with Gasteiger partial charge in [0.2, 0.25) is 0 Å². The molecule has 3 N–H and O–H groups in total. The van der Waals surface area contributed by atoms with E-state index in [9.17, 15) is 0 Å². The molecule has 0 aliphatic carbocycles. The summed E-state index contributed by atoms with van der Waals surface area (Å²) in [6.07, 6.45) is 2.65. The van der Waals surface area contributed by atoms with Crippen LogP contribution < -0.4 is 11.3 Å². The Morgan fingerprint density at radius 3 is 2.53 bits per heavy atom. The summed E-state index contributed by atoms with van der Waals surface area (Å²) in [7, 11) is 0. The molecule has 0 amide bonds. The predicted octanol–water partition coefficient (Wildman–Crippen LogP) is 2.26. The van der Waals surface area contributed by atoms with Gasteiger partial charge in [0.25, 0.3) is 0 Å². The van der Waals surface area contributed by atoms with Gasteiger partial charge in [0, 0.05) is 28.8 Å². The molecule has 1 rings (SSSR count). The zero-order valence-corrected chi connectivity index (χ0v) is 11.0. The summed E-state index contributed by atoms with van der Waals surface area (Å²) in [4.78, 5) is 4.34. The van der Waals surface area contributed by atoms with Crippen LogP contribution in [0.4, 0.5) is 0 Å². The molecule has 84 valence electrons. The third-order valence-corrected chi connectivity index (χ3v) is 2.92. The maximum atomic E-state index is 5.55. The SMILES string of the molecule is CC(C)(C)C(Cc1ccc(Br)cn1)NN. The molecule has 0 saturated heterocycles. The molecule has 0 aliphatic heterocycles. The van der Waals surface area contributed by atoms with E-state index in [1.54, 1.807) is 0 Å². The highest BCUT2D eigenvalue weighted by Crippen LogP contribution is 2.21. The van der Waals surface area contributed by atoms with Gasteiger partial charge < -0.3 is 0 Å². The fourth-order valence-electron chi connectivity index (χ4n) is 1.35. The second kappa shape index (κ2) is 5.05. The van der Waals surface area contributed by atoms with Crippen molar-refractivity contribution in [2.24, 2.45) is 11.3 Å². The minimum atomic E-state index is 0.128. The Bertz CT molecular complexity index is 303. The lowest BCUT2D eigenvalue weighted by molar-refractivity contribution is 0.267. The summed E-state index contributed by atoms with van der Waals surface area (Å²) >= 11 is 3.37. The molecule has 0 aliphatic rings. The Kier molecular flexibility index (Phi) is 4.25. The van der Waals surface area contributed by atoms with Crippen molar-refractivity contribution in [3.8, 4) is 0 Å². The highest BCUT2D eigenvalue weighted by Gasteiger charge is 2.23. The van der Waals surface area contributed by atoms with Crippen LogP contribution in [0.5, 0.6) is 0 Å². The largest absolute Gasteiger partial charge is 0.271 e. The Labute approximate surface area is 99.6 Å². The second-order valence-electron chi connectivity index (χ2n) is 4.76. The van der Waals surface area contributed by atoms with Crippen molar-refractivity contribution in [1.29, 1.82) is 0 Å². The van der Waals surface area contributed by atoms with Crippen molar-refractivity contribution in [3.05, 3.63) is 28.5 Å². The fraction of sp³-hybridized carbons (Fsp3) is 0.545. The van der Waals surface area contributed by atoms with Crippen molar-refractivity contribution in [2.45, 2.75) is 33.2 Å². The predicted molar refractivity (Wildman–Crippen MR) is 66.2 cm³/mol. The van der Waals surface area contributed by atoms with Crippen molar-refractivity contribution < 1.29 is 0 Å². The molecule has 1 unspecified atom stereocenters. The van der Waals surface area contributed by atoms with Gasteiger partial charge in [-0.3, -0.25) is 16.3 Å². The summed E-state index contributed by atoms with van der Waals surface area (Å²) in [5.41, 5.74) is 4.03. The molecule has 0 saturated carbocycles. The normalized spacial score (nSPS) is 13.9. The maximum absolute atomic E-state index is 5.55. The molecule has 0 aromatic carbocycles. The van der Waals surface area contributed by atoms with Crippen LogP contribution in [0.25, 0.3) is 0 Å². The van der Waals surface area contributed by atoms with Gasteiger partial charge in [0.05, 0.1) is 0 Å². The van der Waals surface area contributed by atoms with Gasteiger partial charge in [-0.2, -0.15) is 0 Å². The van der Waals surface area contributed by atoms with Gasteiger partial charge in [0.15, 0.2) is 0 Å². The molecule has 4 heteroatoms. The molecule has 0 bridgehead atoms. The lowest BCUT2D eigenvalue weighted by Gasteiger charge is -2.29. The zero-order valence-electron chi connectivity index (χ0n) is 9.42. The van der Waals surface area contributed by atoms with Crippen molar-refractivity contribution in [1.82, 2.24) is 10.4 Å². The van der Waals surface area contributed by atoms with Crippen molar-refractivity contribution >= 4 is 15.9 Å². The standard InChI is InChI=1S/C11H18BrN3/c1-11(2,3)10(15-13)6-9-5-4-8(12)7-14-9/h4-5,7,10,15H,6,13H2,1-3H3. The highest BCUT2D eigenvalue weighted by molar-refractivity contribution is 9.10. The Morgan fingerprint density at radius 1 is 1.47 bits per heavy atom. The lowest BCUT2D eigenvalue weighted by Crippen LogP contribution is -2.45. The van der Waals surface area contributed by atoms with Crippen LogP contribution in [-0.4, -0.2) is 11.0 Å².